The maximum atomic E-state index is 11.6. The largest absolute Gasteiger partial charge is 0.612 e. The number of rotatable bonds is 9. The van der Waals surface area contributed by atoms with Crippen LogP contribution in [0.25, 0.3) is 0 Å². The van der Waals surface area contributed by atoms with Crippen molar-refractivity contribution in [3.8, 4) is 11.5 Å². The Kier molecular flexibility index (Phi) is 7.79. The number of nitrogens with one attached hydrogen (secondary N) is 1. The number of aliphatic hydroxyl groups is 1. The van der Waals surface area contributed by atoms with Crippen LogP contribution in [0.2, 0.25) is 0 Å². The van der Waals surface area contributed by atoms with Crippen LogP contribution in [0.5, 0.6) is 11.5 Å². The molecule has 0 fully saturated rings. The zero-order chi connectivity index (χ0) is 20.0. The molecular formula is C20H28N2O4S. The van der Waals surface area contributed by atoms with Gasteiger partial charge in [0.1, 0.15) is 12.0 Å². The average Bonchev–Trinajstić information content (AvgIpc) is 2.64. The van der Waals surface area contributed by atoms with Gasteiger partial charge in [0.05, 0.1) is 6.10 Å². The van der Waals surface area contributed by atoms with Crippen LogP contribution >= 0.6 is 0 Å². The van der Waals surface area contributed by atoms with E-state index in [1.54, 1.807) is 24.3 Å². The molecule has 148 valence electrons. The third-order valence-corrected chi connectivity index (χ3v) is 5.45. The number of hydrogen-bond acceptors (Lipinski definition) is 6. The number of nitrogens with zero attached hydrogens (tertiary/aromatic N) is 1. The highest BCUT2D eigenvalue weighted by Crippen LogP contribution is 2.26. The highest BCUT2D eigenvalue weighted by Gasteiger charge is 2.16. The van der Waals surface area contributed by atoms with Crippen molar-refractivity contribution in [1.29, 1.82) is 0 Å². The van der Waals surface area contributed by atoms with E-state index >= 15 is 0 Å². The molecule has 2 rings (SSSR count). The summed E-state index contributed by atoms with van der Waals surface area (Å²) in [4.78, 5) is 2.39. The van der Waals surface area contributed by atoms with E-state index in [1.807, 2.05) is 26.1 Å². The molecule has 2 aromatic carbocycles. The van der Waals surface area contributed by atoms with E-state index in [0.29, 0.717) is 17.0 Å². The molecule has 0 amide bonds. The molecule has 0 aliphatic rings. The number of aromatic hydroxyl groups is 2. The van der Waals surface area contributed by atoms with Crippen molar-refractivity contribution in [2.24, 2.45) is 0 Å². The molecule has 0 heterocycles. The van der Waals surface area contributed by atoms with Crippen LogP contribution in [0.1, 0.15) is 25.0 Å². The highest BCUT2D eigenvalue weighted by molar-refractivity contribution is 7.90. The van der Waals surface area contributed by atoms with Crippen molar-refractivity contribution in [2.75, 3.05) is 31.3 Å². The minimum Gasteiger partial charge on any atom is -0.612 e. The zero-order valence-corrected chi connectivity index (χ0v) is 16.7. The van der Waals surface area contributed by atoms with E-state index in [-0.39, 0.29) is 17.5 Å². The summed E-state index contributed by atoms with van der Waals surface area (Å²) < 4.78 is 11.6. The van der Waals surface area contributed by atoms with Crippen molar-refractivity contribution in [1.82, 2.24) is 5.32 Å². The summed E-state index contributed by atoms with van der Waals surface area (Å²) in [5.74, 6) is 0.220. The van der Waals surface area contributed by atoms with Crippen LogP contribution in [-0.2, 0) is 11.2 Å². The lowest BCUT2D eigenvalue weighted by Gasteiger charge is -2.23. The normalized spacial score (nSPS) is 14.6. The van der Waals surface area contributed by atoms with Crippen molar-refractivity contribution < 1.29 is 19.9 Å². The lowest BCUT2D eigenvalue weighted by atomic mass is 10.1. The van der Waals surface area contributed by atoms with Crippen molar-refractivity contribution in [3.05, 3.63) is 48.0 Å². The number of aliphatic hydroxyl groups excluding tert-OH is 1. The predicted octanol–water partition coefficient (Wildman–Crippen LogP) is 2.37. The van der Waals surface area contributed by atoms with Gasteiger partial charge in [0.15, 0.2) is 10.6 Å². The Balaban J connectivity index is 1.82. The van der Waals surface area contributed by atoms with E-state index < -0.39 is 17.3 Å². The van der Waals surface area contributed by atoms with Gasteiger partial charge in [-0.1, -0.05) is 12.1 Å². The number of anilines is 1. The summed E-state index contributed by atoms with van der Waals surface area (Å²) in [6.07, 6.45) is 1.60. The van der Waals surface area contributed by atoms with Gasteiger partial charge in [0.2, 0.25) is 0 Å². The van der Waals surface area contributed by atoms with E-state index in [9.17, 15) is 19.9 Å². The van der Waals surface area contributed by atoms with Crippen LogP contribution in [0.15, 0.2) is 47.4 Å². The Morgan fingerprint density at radius 3 is 2.59 bits per heavy atom. The van der Waals surface area contributed by atoms with Crippen LogP contribution in [0, 0.1) is 0 Å². The second-order valence-corrected chi connectivity index (χ2v) is 8.08. The number of benzene rings is 2. The summed E-state index contributed by atoms with van der Waals surface area (Å²) in [7, 11) is 1.97. The van der Waals surface area contributed by atoms with Gasteiger partial charge in [-0.2, -0.15) is 0 Å². The zero-order valence-electron chi connectivity index (χ0n) is 15.9. The third kappa shape index (κ3) is 6.32. The summed E-state index contributed by atoms with van der Waals surface area (Å²) in [6, 6.07) is 12.0. The molecule has 0 saturated carbocycles. The smallest absolute Gasteiger partial charge is 0.194 e. The van der Waals surface area contributed by atoms with Gasteiger partial charge >= 0.3 is 0 Å². The van der Waals surface area contributed by atoms with E-state index in [1.165, 1.54) is 12.3 Å². The Morgan fingerprint density at radius 1 is 1.19 bits per heavy atom. The topological polar surface area (TPSA) is 99.0 Å². The molecule has 3 atom stereocenters. The monoisotopic (exact) mass is 392 g/mol. The fourth-order valence-electron chi connectivity index (χ4n) is 2.75. The molecule has 2 aromatic rings. The predicted molar refractivity (Wildman–Crippen MR) is 109 cm³/mol. The van der Waals surface area contributed by atoms with Crippen LogP contribution in [-0.4, -0.2) is 52.3 Å². The lowest BCUT2D eigenvalue weighted by Crippen LogP contribution is -2.33. The molecule has 0 saturated heterocycles. The van der Waals surface area contributed by atoms with Crippen molar-refractivity contribution in [2.45, 2.75) is 30.4 Å². The van der Waals surface area contributed by atoms with Crippen molar-refractivity contribution in [3.63, 3.8) is 0 Å². The summed E-state index contributed by atoms with van der Waals surface area (Å²) in [5.41, 5.74) is 1.57. The molecule has 27 heavy (non-hydrogen) atoms. The van der Waals surface area contributed by atoms with Crippen LogP contribution in [0.4, 0.5) is 5.69 Å². The molecule has 3 unspecified atom stereocenters. The molecule has 0 aliphatic heterocycles. The second-order valence-electron chi connectivity index (χ2n) is 6.74. The van der Waals surface area contributed by atoms with E-state index in [4.69, 9.17) is 0 Å². The molecule has 0 radical (unpaired) electrons. The quantitative estimate of drug-likeness (QED) is 0.489. The molecule has 6 nitrogen and oxygen atoms in total. The number of hydrogen-bond donors (Lipinski definition) is 4. The van der Waals surface area contributed by atoms with E-state index in [2.05, 4.69) is 10.2 Å². The highest BCUT2D eigenvalue weighted by atomic mass is 32.2. The Hall–Kier alpha value is -1.93. The van der Waals surface area contributed by atoms with Gasteiger partial charge < -0.3 is 30.1 Å². The summed E-state index contributed by atoms with van der Waals surface area (Å²) >= 11 is -1.31. The van der Waals surface area contributed by atoms with Gasteiger partial charge in [-0.15, -0.1) is 0 Å². The van der Waals surface area contributed by atoms with Gasteiger partial charge in [0, 0.05) is 44.0 Å². The molecular weight excluding hydrogens is 364 g/mol. The van der Waals surface area contributed by atoms with Gasteiger partial charge in [-0.05, 0) is 48.3 Å². The minimum atomic E-state index is -1.31. The van der Waals surface area contributed by atoms with Crippen LogP contribution < -0.4 is 10.2 Å². The minimum absolute atomic E-state index is 0.0249. The molecule has 7 heteroatoms. The maximum absolute atomic E-state index is 11.6. The first-order valence-corrected chi connectivity index (χ1v) is 10.4. The average molecular weight is 393 g/mol. The summed E-state index contributed by atoms with van der Waals surface area (Å²) in [6.45, 7) is 3.20. The standard InChI is InChI=1S/C20H28N2O4S/c1-14(9-10-22(2)16-5-4-6-17(23)12-16)21-13-19(25)15-7-8-18(24)20(11-15)27(3)26/h4-8,11-12,14,19,21,23-25H,9-10,13H2,1-3H3. The number of phenols is 2. The first-order chi connectivity index (χ1) is 12.8. The first-order valence-electron chi connectivity index (χ1n) is 8.86. The lowest BCUT2D eigenvalue weighted by molar-refractivity contribution is 0.170. The van der Waals surface area contributed by atoms with Gasteiger partial charge in [-0.25, -0.2) is 0 Å². The fourth-order valence-corrected chi connectivity index (χ4v) is 3.41. The molecule has 0 aliphatic carbocycles. The molecule has 0 bridgehead atoms. The maximum Gasteiger partial charge on any atom is 0.194 e. The van der Waals surface area contributed by atoms with Gasteiger partial charge in [0.25, 0.3) is 0 Å². The Morgan fingerprint density at radius 2 is 1.93 bits per heavy atom. The van der Waals surface area contributed by atoms with Gasteiger partial charge in [-0.3, -0.25) is 0 Å². The van der Waals surface area contributed by atoms with E-state index in [0.717, 1.165) is 18.7 Å². The fraction of sp³-hybridized carbons (Fsp3) is 0.400. The van der Waals surface area contributed by atoms with Crippen molar-refractivity contribution >= 4 is 16.9 Å². The first kappa shape index (κ1) is 21.4. The SMILES string of the molecule is CC(CCN(C)c1cccc(O)c1)NCC(O)c1ccc(O)c([S+](C)[O-])c1. The molecule has 0 aromatic heterocycles. The molecule has 0 spiro atoms. The Labute approximate surface area is 163 Å². The third-order valence-electron chi connectivity index (χ3n) is 4.51. The number of phenolic OH excluding ortho intramolecular Hbond substituents is 2. The van der Waals surface area contributed by atoms with Crippen LogP contribution in [0.3, 0.4) is 0 Å². The molecule has 4 N–H and O–H groups in total. The summed E-state index contributed by atoms with van der Waals surface area (Å²) in [5, 5.41) is 33.0. The Bertz CT molecular complexity index is 742. The second kappa shape index (κ2) is 9.85.